The van der Waals surface area contributed by atoms with Gasteiger partial charge in [-0.2, -0.15) is 12.6 Å². The monoisotopic (exact) mass is 362 g/mol. The van der Waals surface area contributed by atoms with Crippen molar-refractivity contribution in [3.63, 3.8) is 0 Å². The summed E-state index contributed by atoms with van der Waals surface area (Å²) in [5.74, 6) is -0.00379. The minimum atomic E-state index is -0.910. The Balaban J connectivity index is 4.72. The van der Waals surface area contributed by atoms with Crippen LogP contribution in [0.15, 0.2) is 0 Å². The summed E-state index contributed by atoms with van der Waals surface area (Å²) in [4.78, 5) is 0. The van der Waals surface area contributed by atoms with Gasteiger partial charge in [0.2, 0.25) is 0 Å². The lowest BCUT2D eigenvalue weighted by atomic mass is 9.99. The summed E-state index contributed by atoms with van der Waals surface area (Å²) in [6, 6.07) is 0. The summed E-state index contributed by atoms with van der Waals surface area (Å²) in [5.41, 5.74) is 0. The van der Waals surface area contributed by atoms with E-state index in [0.717, 1.165) is 31.4 Å². The first-order chi connectivity index (χ1) is 11.7. The predicted octanol–water partition coefficient (Wildman–Crippen LogP) is 6.22. The van der Waals surface area contributed by atoms with Crippen LogP contribution in [0.3, 0.4) is 0 Å². The molecule has 1 atom stereocenters. The third kappa shape index (κ3) is 10.3. The van der Waals surface area contributed by atoms with E-state index in [1.54, 1.807) is 0 Å². The minimum Gasteiger partial charge on any atom is -0.327 e. The van der Waals surface area contributed by atoms with Gasteiger partial charge in [-0.1, -0.05) is 66.2 Å². The molecular formula is C20H42O3S. The van der Waals surface area contributed by atoms with Crippen molar-refractivity contribution < 1.29 is 14.2 Å². The second-order valence-corrected chi connectivity index (χ2v) is 6.95. The zero-order valence-electron chi connectivity index (χ0n) is 16.6. The summed E-state index contributed by atoms with van der Waals surface area (Å²) in [6.45, 7) is 10.6. The van der Waals surface area contributed by atoms with Crippen LogP contribution in [0.25, 0.3) is 0 Å². The fraction of sp³-hybridized carbons (Fsp3) is 1.00. The molecule has 0 amide bonds. The molecule has 0 aliphatic heterocycles. The molecule has 0 aromatic heterocycles. The van der Waals surface area contributed by atoms with Crippen LogP contribution >= 0.6 is 12.6 Å². The Morgan fingerprint density at radius 3 is 1.54 bits per heavy atom. The Morgan fingerprint density at radius 2 is 1.12 bits per heavy atom. The third-order valence-electron chi connectivity index (χ3n) is 4.15. The Kier molecular flexibility index (Phi) is 16.8. The van der Waals surface area contributed by atoms with Gasteiger partial charge < -0.3 is 14.2 Å². The van der Waals surface area contributed by atoms with Crippen LogP contribution in [-0.4, -0.2) is 31.5 Å². The average Bonchev–Trinajstić information content (AvgIpc) is 2.61. The van der Waals surface area contributed by atoms with Crippen molar-refractivity contribution in [2.75, 3.05) is 25.6 Å². The highest BCUT2D eigenvalue weighted by Crippen LogP contribution is 2.32. The van der Waals surface area contributed by atoms with E-state index in [0.29, 0.717) is 19.8 Å². The molecule has 146 valence electrons. The molecule has 0 radical (unpaired) electrons. The van der Waals surface area contributed by atoms with Crippen LogP contribution < -0.4 is 0 Å². The SMILES string of the molecule is CCCCCCCCC(CS)C(OCCC)(OCCC)OCCC. The van der Waals surface area contributed by atoms with Crippen molar-refractivity contribution in [3.8, 4) is 0 Å². The molecule has 0 aromatic carbocycles. The molecule has 0 spiro atoms. The average molecular weight is 363 g/mol. The largest absolute Gasteiger partial charge is 0.327 e. The molecule has 0 aliphatic carbocycles. The molecule has 0 bridgehead atoms. The van der Waals surface area contributed by atoms with Crippen LogP contribution in [0.2, 0.25) is 0 Å². The number of ether oxygens (including phenoxy) is 3. The van der Waals surface area contributed by atoms with Crippen LogP contribution in [0.1, 0.15) is 91.9 Å². The van der Waals surface area contributed by atoms with Gasteiger partial charge in [0.1, 0.15) is 0 Å². The second kappa shape index (κ2) is 16.7. The summed E-state index contributed by atoms with van der Waals surface area (Å²) in [6.07, 6.45) is 11.7. The Bertz CT molecular complexity index is 239. The molecule has 0 heterocycles. The first kappa shape index (κ1) is 24.2. The molecule has 0 fully saturated rings. The highest BCUT2D eigenvalue weighted by molar-refractivity contribution is 7.80. The van der Waals surface area contributed by atoms with Crippen LogP contribution in [-0.2, 0) is 14.2 Å². The molecule has 1 unspecified atom stereocenters. The van der Waals surface area contributed by atoms with E-state index in [9.17, 15) is 0 Å². The summed E-state index contributed by atoms with van der Waals surface area (Å²) < 4.78 is 18.4. The zero-order chi connectivity index (χ0) is 18.1. The maximum atomic E-state index is 6.14. The van der Waals surface area contributed by atoms with Gasteiger partial charge >= 0.3 is 0 Å². The van der Waals surface area contributed by atoms with Gasteiger partial charge in [-0.25, -0.2) is 0 Å². The summed E-state index contributed by atoms with van der Waals surface area (Å²) in [7, 11) is 0. The maximum Gasteiger partial charge on any atom is 0.286 e. The molecule has 0 N–H and O–H groups in total. The van der Waals surface area contributed by atoms with Gasteiger partial charge in [0.25, 0.3) is 5.97 Å². The van der Waals surface area contributed by atoms with Crippen molar-refractivity contribution in [2.24, 2.45) is 5.92 Å². The van der Waals surface area contributed by atoms with Crippen LogP contribution in [0, 0.1) is 5.92 Å². The standard InChI is InChI=1S/C20H42O3S/c1-5-9-10-11-12-13-14-19(18-24)20(21-15-6-2,22-16-7-3)23-17-8-4/h19,24H,5-18H2,1-4H3. The normalized spacial score (nSPS) is 13.4. The highest BCUT2D eigenvalue weighted by Gasteiger charge is 2.41. The first-order valence-corrected chi connectivity index (χ1v) is 10.9. The van der Waals surface area contributed by atoms with Crippen molar-refractivity contribution >= 4 is 12.6 Å². The predicted molar refractivity (Wildman–Crippen MR) is 107 cm³/mol. The number of unbranched alkanes of at least 4 members (excludes halogenated alkanes) is 5. The van der Waals surface area contributed by atoms with Crippen LogP contribution in [0.4, 0.5) is 0 Å². The van der Waals surface area contributed by atoms with E-state index in [4.69, 9.17) is 14.2 Å². The van der Waals surface area contributed by atoms with Crippen molar-refractivity contribution in [1.82, 2.24) is 0 Å². The van der Waals surface area contributed by atoms with Gasteiger partial charge in [0, 0.05) is 11.7 Å². The minimum absolute atomic E-state index is 0.177. The molecule has 0 saturated heterocycles. The first-order valence-electron chi connectivity index (χ1n) is 10.2. The van der Waals surface area contributed by atoms with E-state index >= 15 is 0 Å². The second-order valence-electron chi connectivity index (χ2n) is 6.58. The third-order valence-corrected chi connectivity index (χ3v) is 4.59. The fourth-order valence-corrected chi connectivity index (χ4v) is 3.17. The topological polar surface area (TPSA) is 27.7 Å². The Labute approximate surface area is 156 Å². The fourth-order valence-electron chi connectivity index (χ4n) is 2.76. The van der Waals surface area contributed by atoms with Crippen molar-refractivity contribution in [3.05, 3.63) is 0 Å². The van der Waals surface area contributed by atoms with Crippen molar-refractivity contribution in [1.29, 1.82) is 0 Å². The highest BCUT2D eigenvalue weighted by atomic mass is 32.1. The molecule has 0 rings (SSSR count). The molecule has 0 aromatic rings. The summed E-state index contributed by atoms with van der Waals surface area (Å²) in [5, 5.41) is 0. The molecule has 0 aliphatic rings. The Morgan fingerprint density at radius 1 is 0.667 bits per heavy atom. The van der Waals surface area contributed by atoms with E-state index < -0.39 is 5.97 Å². The maximum absolute atomic E-state index is 6.14. The van der Waals surface area contributed by atoms with E-state index in [2.05, 4.69) is 40.3 Å². The number of hydrogen-bond donors (Lipinski definition) is 1. The van der Waals surface area contributed by atoms with E-state index in [1.165, 1.54) is 38.5 Å². The lowest BCUT2D eigenvalue weighted by Gasteiger charge is -2.39. The Hall–Kier alpha value is 0.230. The summed E-state index contributed by atoms with van der Waals surface area (Å²) >= 11 is 4.59. The molecular weight excluding hydrogens is 320 g/mol. The number of hydrogen-bond acceptors (Lipinski definition) is 4. The van der Waals surface area contributed by atoms with Crippen LogP contribution in [0.5, 0.6) is 0 Å². The van der Waals surface area contributed by atoms with Crippen molar-refractivity contribution in [2.45, 2.75) is 97.9 Å². The molecule has 4 heteroatoms. The smallest absolute Gasteiger partial charge is 0.286 e. The van der Waals surface area contributed by atoms with Gasteiger partial charge in [-0.05, 0) is 25.7 Å². The van der Waals surface area contributed by atoms with Gasteiger partial charge in [-0.15, -0.1) is 0 Å². The van der Waals surface area contributed by atoms with E-state index in [1.807, 2.05) is 0 Å². The van der Waals surface area contributed by atoms with E-state index in [-0.39, 0.29) is 5.92 Å². The number of rotatable bonds is 18. The molecule has 0 saturated carbocycles. The molecule has 24 heavy (non-hydrogen) atoms. The lowest BCUT2D eigenvalue weighted by molar-refractivity contribution is -0.402. The molecule has 3 nitrogen and oxygen atoms in total. The lowest BCUT2D eigenvalue weighted by Crippen LogP contribution is -2.48. The van der Waals surface area contributed by atoms with Gasteiger partial charge in [0.15, 0.2) is 0 Å². The van der Waals surface area contributed by atoms with Gasteiger partial charge in [0.05, 0.1) is 19.8 Å². The number of thiol groups is 1. The zero-order valence-corrected chi connectivity index (χ0v) is 17.5. The quantitative estimate of drug-likeness (QED) is 0.178. The van der Waals surface area contributed by atoms with Gasteiger partial charge in [-0.3, -0.25) is 0 Å².